The molecule has 0 bridgehead atoms. The molecule has 16 heavy (non-hydrogen) atoms. The van der Waals surface area contributed by atoms with Crippen LogP contribution in [0.15, 0.2) is 24.3 Å². The molecule has 0 radical (unpaired) electrons. The van der Waals surface area contributed by atoms with Crippen molar-refractivity contribution in [3.05, 3.63) is 35.4 Å². The number of carbonyl (C=O) groups excluding carboxylic acids is 1. The van der Waals surface area contributed by atoms with Crippen molar-refractivity contribution < 1.29 is 4.79 Å². The summed E-state index contributed by atoms with van der Waals surface area (Å²) >= 11 is 22.3. The molecule has 6 heteroatoms. The molecule has 1 rings (SSSR count). The van der Waals surface area contributed by atoms with Crippen LogP contribution in [0, 0.1) is 6.92 Å². The van der Waals surface area contributed by atoms with Gasteiger partial charge in [-0.3, -0.25) is 4.79 Å². The van der Waals surface area contributed by atoms with Crippen molar-refractivity contribution in [2.24, 2.45) is 0 Å². The smallest absolute Gasteiger partial charge is 0.252 e. The lowest BCUT2D eigenvalue weighted by Crippen LogP contribution is -2.39. The average Bonchev–Trinajstić information content (AvgIpc) is 2.16. The van der Waals surface area contributed by atoms with Gasteiger partial charge in [0.15, 0.2) is 5.50 Å². The van der Waals surface area contributed by atoms with Gasteiger partial charge >= 0.3 is 0 Å². The van der Waals surface area contributed by atoms with Crippen LogP contribution in [0.2, 0.25) is 0 Å². The monoisotopic (exact) mass is 299 g/mol. The Kier molecular flexibility index (Phi) is 4.74. The molecule has 1 N–H and O–H groups in total. The standard InChI is InChI=1S/C10H9Cl4NO/c1-6-4-2-3-5-7(6)8(16)15-9(11)10(12,13)14/h2-5,9H,1H3,(H,15,16). The van der Waals surface area contributed by atoms with Gasteiger partial charge in [0, 0.05) is 5.56 Å². The number of nitrogens with one attached hydrogen (secondary N) is 1. The average molecular weight is 301 g/mol. The summed E-state index contributed by atoms with van der Waals surface area (Å²) in [6, 6.07) is 7.07. The van der Waals surface area contributed by atoms with Gasteiger partial charge in [-0.15, -0.1) is 0 Å². The Hall–Kier alpha value is -0.150. The molecule has 0 aliphatic heterocycles. The van der Waals surface area contributed by atoms with Crippen LogP contribution in [0.5, 0.6) is 0 Å². The molecular weight excluding hydrogens is 292 g/mol. The summed E-state index contributed by atoms with van der Waals surface area (Å²) in [6.45, 7) is 1.81. The van der Waals surface area contributed by atoms with Crippen molar-refractivity contribution in [1.29, 1.82) is 0 Å². The predicted molar refractivity (Wildman–Crippen MR) is 68.6 cm³/mol. The summed E-state index contributed by atoms with van der Waals surface area (Å²) in [5.41, 5.74) is 0.250. The Morgan fingerprint density at radius 2 is 1.88 bits per heavy atom. The van der Waals surface area contributed by atoms with E-state index in [4.69, 9.17) is 46.4 Å². The van der Waals surface area contributed by atoms with Crippen LogP contribution in [0.3, 0.4) is 0 Å². The van der Waals surface area contributed by atoms with Gasteiger partial charge in [-0.05, 0) is 18.6 Å². The van der Waals surface area contributed by atoms with E-state index in [9.17, 15) is 4.79 Å². The zero-order valence-corrected chi connectivity index (χ0v) is 11.3. The molecule has 1 amide bonds. The number of aryl methyl sites for hydroxylation is 1. The topological polar surface area (TPSA) is 29.1 Å². The van der Waals surface area contributed by atoms with Crippen molar-refractivity contribution in [3.63, 3.8) is 0 Å². The van der Waals surface area contributed by atoms with Crippen LogP contribution < -0.4 is 5.32 Å². The molecule has 0 saturated heterocycles. The molecule has 1 aromatic rings. The van der Waals surface area contributed by atoms with Crippen molar-refractivity contribution in [3.8, 4) is 0 Å². The van der Waals surface area contributed by atoms with E-state index in [1.54, 1.807) is 12.1 Å². The Bertz CT molecular complexity index is 389. The molecule has 0 aliphatic carbocycles. The first-order valence-electron chi connectivity index (χ1n) is 4.39. The summed E-state index contributed by atoms with van der Waals surface area (Å²) in [6.07, 6.45) is 0. The van der Waals surface area contributed by atoms with Crippen LogP contribution in [-0.2, 0) is 0 Å². The van der Waals surface area contributed by atoms with E-state index < -0.39 is 9.29 Å². The second-order valence-corrected chi connectivity index (χ2v) is 6.00. The fourth-order valence-corrected chi connectivity index (χ4v) is 1.37. The lowest BCUT2D eigenvalue weighted by Gasteiger charge is -2.19. The van der Waals surface area contributed by atoms with E-state index in [1.165, 1.54) is 0 Å². The fourth-order valence-electron chi connectivity index (χ4n) is 1.10. The Morgan fingerprint density at radius 3 is 2.38 bits per heavy atom. The summed E-state index contributed by atoms with van der Waals surface area (Å²) in [7, 11) is 0. The molecule has 0 spiro atoms. The number of carbonyl (C=O) groups is 1. The van der Waals surface area contributed by atoms with E-state index in [0.717, 1.165) is 5.56 Å². The Morgan fingerprint density at radius 1 is 1.31 bits per heavy atom. The summed E-state index contributed by atoms with van der Waals surface area (Å²) in [5, 5.41) is 2.41. The molecule has 1 aromatic carbocycles. The van der Waals surface area contributed by atoms with Gasteiger partial charge in [-0.2, -0.15) is 0 Å². The highest BCUT2D eigenvalue weighted by Crippen LogP contribution is 2.32. The van der Waals surface area contributed by atoms with Gasteiger partial charge in [0.05, 0.1) is 0 Å². The molecule has 2 nitrogen and oxygen atoms in total. The van der Waals surface area contributed by atoms with Crippen LogP contribution in [-0.4, -0.2) is 15.2 Å². The Labute approximate surface area is 114 Å². The Balaban J connectivity index is 2.78. The lowest BCUT2D eigenvalue weighted by molar-refractivity contribution is 0.0948. The van der Waals surface area contributed by atoms with Crippen LogP contribution in [0.4, 0.5) is 0 Å². The summed E-state index contributed by atoms with van der Waals surface area (Å²) in [4.78, 5) is 11.8. The molecule has 88 valence electrons. The molecule has 1 unspecified atom stereocenters. The normalized spacial score (nSPS) is 13.3. The van der Waals surface area contributed by atoms with Crippen LogP contribution in [0.1, 0.15) is 15.9 Å². The number of hydrogen-bond acceptors (Lipinski definition) is 1. The van der Waals surface area contributed by atoms with Crippen molar-refractivity contribution in [2.45, 2.75) is 16.2 Å². The molecule has 0 aliphatic rings. The minimum Gasteiger partial charge on any atom is -0.332 e. The maximum atomic E-state index is 11.8. The van der Waals surface area contributed by atoms with E-state index in [-0.39, 0.29) is 5.91 Å². The van der Waals surface area contributed by atoms with Crippen molar-refractivity contribution >= 4 is 52.3 Å². The number of halogens is 4. The quantitative estimate of drug-likeness (QED) is 0.655. The summed E-state index contributed by atoms with van der Waals surface area (Å²) < 4.78 is -1.74. The van der Waals surface area contributed by atoms with Crippen LogP contribution in [0.25, 0.3) is 0 Å². The van der Waals surface area contributed by atoms with E-state index >= 15 is 0 Å². The SMILES string of the molecule is Cc1ccccc1C(=O)NC(Cl)C(Cl)(Cl)Cl. The first-order valence-corrected chi connectivity index (χ1v) is 5.96. The summed E-state index contributed by atoms with van der Waals surface area (Å²) in [5.74, 6) is -0.371. The minimum absolute atomic E-state index is 0.371. The number of benzene rings is 1. The van der Waals surface area contributed by atoms with Gasteiger partial charge in [0.1, 0.15) is 0 Å². The number of rotatable bonds is 2. The highest BCUT2D eigenvalue weighted by atomic mass is 35.6. The predicted octanol–water partition coefficient (Wildman–Crippen LogP) is 3.66. The highest BCUT2D eigenvalue weighted by Gasteiger charge is 2.32. The molecular formula is C10H9Cl4NO. The van der Waals surface area contributed by atoms with Crippen LogP contribution >= 0.6 is 46.4 Å². The number of hydrogen-bond donors (Lipinski definition) is 1. The maximum absolute atomic E-state index is 11.8. The zero-order valence-electron chi connectivity index (χ0n) is 8.31. The van der Waals surface area contributed by atoms with Gasteiger partial charge in [0.2, 0.25) is 3.79 Å². The third-order valence-electron chi connectivity index (χ3n) is 1.93. The van der Waals surface area contributed by atoms with Gasteiger partial charge in [0.25, 0.3) is 5.91 Å². The first-order chi connectivity index (χ1) is 7.32. The minimum atomic E-state index is -1.74. The molecule has 0 saturated carbocycles. The maximum Gasteiger partial charge on any atom is 0.252 e. The second kappa shape index (κ2) is 5.46. The largest absolute Gasteiger partial charge is 0.332 e. The van der Waals surface area contributed by atoms with E-state index in [0.29, 0.717) is 5.56 Å². The van der Waals surface area contributed by atoms with Gasteiger partial charge in [-0.25, -0.2) is 0 Å². The first kappa shape index (κ1) is 13.9. The third-order valence-corrected chi connectivity index (χ3v) is 3.36. The third kappa shape index (κ3) is 3.70. The molecule has 0 fully saturated rings. The fraction of sp³-hybridized carbons (Fsp3) is 0.300. The van der Waals surface area contributed by atoms with E-state index in [1.807, 2.05) is 19.1 Å². The lowest BCUT2D eigenvalue weighted by atomic mass is 10.1. The van der Waals surface area contributed by atoms with E-state index in [2.05, 4.69) is 5.32 Å². The molecule has 0 aromatic heterocycles. The molecule has 1 atom stereocenters. The van der Waals surface area contributed by atoms with Gasteiger partial charge < -0.3 is 5.32 Å². The number of amides is 1. The number of alkyl halides is 4. The highest BCUT2D eigenvalue weighted by molar-refractivity contribution is 6.70. The zero-order chi connectivity index (χ0) is 12.3. The van der Waals surface area contributed by atoms with Gasteiger partial charge in [-0.1, -0.05) is 64.6 Å². The second-order valence-electron chi connectivity index (χ2n) is 3.19. The molecule has 0 heterocycles. The van der Waals surface area contributed by atoms with Crippen molar-refractivity contribution in [2.75, 3.05) is 0 Å². The van der Waals surface area contributed by atoms with Crippen molar-refractivity contribution in [1.82, 2.24) is 5.32 Å².